The molecule has 1 fully saturated rings. The van der Waals surface area contributed by atoms with Crippen LogP contribution in [0.1, 0.15) is 12.5 Å². The summed E-state index contributed by atoms with van der Waals surface area (Å²) in [6.45, 7) is 1.33. The Hall–Kier alpha value is -3.67. The summed E-state index contributed by atoms with van der Waals surface area (Å²) in [5.74, 6) is -0.782. The molecule has 0 radical (unpaired) electrons. The lowest BCUT2D eigenvalue weighted by Gasteiger charge is -2.23. The van der Waals surface area contributed by atoms with E-state index >= 15 is 0 Å². The molecule has 0 saturated carbocycles. The van der Waals surface area contributed by atoms with E-state index < -0.39 is 17.5 Å². The standard InChI is InChI=1S/C23H21N3O3/c1-23(18-10-4-3-5-11-18)21(28)26(22(29)24-23)15-20(27)25(2)19-13-12-16-8-6-7-9-17(16)14-19/h3-14H,15H2,1-2H3,(H,24,29). The lowest BCUT2D eigenvalue weighted by atomic mass is 9.92. The topological polar surface area (TPSA) is 69.7 Å². The highest BCUT2D eigenvalue weighted by Crippen LogP contribution is 2.29. The van der Waals surface area contributed by atoms with Crippen LogP contribution in [0.3, 0.4) is 0 Å². The maximum absolute atomic E-state index is 13.0. The molecule has 1 atom stereocenters. The Balaban J connectivity index is 1.54. The number of imide groups is 1. The van der Waals surface area contributed by atoms with E-state index in [0.29, 0.717) is 11.3 Å². The maximum Gasteiger partial charge on any atom is 0.325 e. The number of hydrogen-bond donors (Lipinski definition) is 1. The van der Waals surface area contributed by atoms with E-state index in [4.69, 9.17) is 0 Å². The van der Waals surface area contributed by atoms with Crippen molar-refractivity contribution in [1.82, 2.24) is 10.2 Å². The number of rotatable bonds is 4. The van der Waals surface area contributed by atoms with Crippen molar-refractivity contribution in [3.8, 4) is 0 Å². The van der Waals surface area contributed by atoms with Crippen LogP contribution in [0.4, 0.5) is 10.5 Å². The first-order valence-corrected chi connectivity index (χ1v) is 9.35. The van der Waals surface area contributed by atoms with Gasteiger partial charge in [0.1, 0.15) is 12.1 Å². The molecule has 3 aromatic carbocycles. The number of benzene rings is 3. The van der Waals surface area contributed by atoms with Gasteiger partial charge < -0.3 is 10.2 Å². The summed E-state index contributed by atoms with van der Waals surface area (Å²) in [5.41, 5.74) is 0.197. The Morgan fingerprint density at radius 3 is 2.34 bits per heavy atom. The molecule has 29 heavy (non-hydrogen) atoms. The Bertz CT molecular complexity index is 1110. The maximum atomic E-state index is 13.0. The van der Waals surface area contributed by atoms with E-state index in [0.717, 1.165) is 15.7 Å². The summed E-state index contributed by atoms with van der Waals surface area (Å²) >= 11 is 0. The Morgan fingerprint density at radius 2 is 1.62 bits per heavy atom. The van der Waals surface area contributed by atoms with Crippen molar-refractivity contribution in [3.63, 3.8) is 0 Å². The molecule has 6 heteroatoms. The summed E-state index contributed by atoms with van der Waals surface area (Å²) in [4.78, 5) is 40.7. The largest absolute Gasteiger partial charge is 0.325 e. The normalized spacial score (nSPS) is 18.8. The molecular formula is C23H21N3O3. The zero-order valence-electron chi connectivity index (χ0n) is 16.3. The third kappa shape index (κ3) is 3.23. The van der Waals surface area contributed by atoms with Gasteiger partial charge in [0.2, 0.25) is 5.91 Å². The molecule has 1 aliphatic heterocycles. The van der Waals surface area contributed by atoms with Crippen molar-refractivity contribution in [2.75, 3.05) is 18.5 Å². The van der Waals surface area contributed by atoms with Crippen molar-refractivity contribution in [1.29, 1.82) is 0 Å². The van der Waals surface area contributed by atoms with E-state index in [-0.39, 0.29) is 12.5 Å². The number of nitrogens with zero attached hydrogens (tertiary/aromatic N) is 2. The highest BCUT2D eigenvalue weighted by molar-refractivity contribution is 6.10. The van der Waals surface area contributed by atoms with E-state index in [9.17, 15) is 14.4 Å². The fourth-order valence-corrected chi connectivity index (χ4v) is 3.58. The Labute approximate surface area is 168 Å². The lowest BCUT2D eigenvalue weighted by Crippen LogP contribution is -2.43. The number of amides is 4. The van der Waals surface area contributed by atoms with Crippen LogP contribution in [0, 0.1) is 0 Å². The van der Waals surface area contributed by atoms with Crippen LogP contribution in [0.2, 0.25) is 0 Å². The average molecular weight is 387 g/mol. The van der Waals surface area contributed by atoms with Crippen molar-refractivity contribution in [3.05, 3.63) is 78.4 Å². The predicted octanol–water partition coefficient (Wildman–Crippen LogP) is 3.27. The average Bonchev–Trinajstić information content (AvgIpc) is 2.97. The number of likely N-dealkylation sites (N-methyl/N-ethyl adjacent to an activating group) is 1. The second kappa shape index (κ2) is 7.05. The molecule has 6 nitrogen and oxygen atoms in total. The van der Waals surface area contributed by atoms with Gasteiger partial charge in [0.25, 0.3) is 5.91 Å². The molecule has 0 bridgehead atoms. The van der Waals surface area contributed by atoms with Crippen LogP contribution >= 0.6 is 0 Å². The molecule has 1 aliphatic rings. The van der Waals surface area contributed by atoms with Gasteiger partial charge in [0.05, 0.1) is 0 Å². The van der Waals surface area contributed by atoms with E-state index in [2.05, 4.69) is 5.32 Å². The second-order valence-corrected chi connectivity index (χ2v) is 7.30. The van der Waals surface area contributed by atoms with Crippen LogP contribution in [0.15, 0.2) is 72.8 Å². The molecule has 3 aromatic rings. The van der Waals surface area contributed by atoms with Crippen molar-refractivity contribution >= 4 is 34.3 Å². The van der Waals surface area contributed by atoms with Gasteiger partial charge in [-0.1, -0.05) is 60.7 Å². The van der Waals surface area contributed by atoms with E-state index in [1.54, 1.807) is 38.2 Å². The van der Waals surface area contributed by atoms with E-state index in [1.807, 2.05) is 48.5 Å². The molecule has 146 valence electrons. The van der Waals surface area contributed by atoms with Gasteiger partial charge in [0.15, 0.2) is 0 Å². The molecule has 1 N–H and O–H groups in total. The van der Waals surface area contributed by atoms with Gasteiger partial charge >= 0.3 is 6.03 Å². The number of carbonyl (C=O) groups is 3. The molecule has 1 heterocycles. The monoisotopic (exact) mass is 387 g/mol. The minimum atomic E-state index is -1.18. The Kier molecular flexibility index (Phi) is 4.54. The van der Waals surface area contributed by atoms with Crippen LogP contribution < -0.4 is 10.2 Å². The van der Waals surface area contributed by atoms with Crippen molar-refractivity contribution in [2.24, 2.45) is 0 Å². The number of nitrogens with one attached hydrogen (secondary N) is 1. The van der Waals surface area contributed by atoms with Gasteiger partial charge in [-0.05, 0) is 35.4 Å². The quantitative estimate of drug-likeness (QED) is 0.699. The number of hydrogen-bond acceptors (Lipinski definition) is 3. The predicted molar refractivity (Wildman–Crippen MR) is 111 cm³/mol. The molecule has 1 unspecified atom stereocenters. The van der Waals surface area contributed by atoms with Gasteiger partial charge in [-0.2, -0.15) is 0 Å². The molecule has 4 rings (SSSR count). The molecule has 0 aliphatic carbocycles. The fraction of sp³-hybridized carbons (Fsp3) is 0.174. The summed E-state index contributed by atoms with van der Waals surface area (Å²) in [6.07, 6.45) is 0. The molecule has 1 saturated heterocycles. The van der Waals surface area contributed by atoms with Gasteiger partial charge in [-0.3, -0.25) is 14.5 Å². The number of urea groups is 1. The Morgan fingerprint density at radius 1 is 0.966 bits per heavy atom. The molecule has 4 amide bonds. The molecule has 0 spiro atoms. The fourth-order valence-electron chi connectivity index (χ4n) is 3.58. The number of anilines is 1. The van der Waals surface area contributed by atoms with Crippen LogP contribution in [0.5, 0.6) is 0 Å². The number of fused-ring (bicyclic) bond motifs is 1. The minimum Gasteiger partial charge on any atom is -0.319 e. The summed E-state index contributed by atoms with van der Waals surface area (Å²) in [6, 6.07) is 22.0. The zero-order valence-corrected chi connectivity index (χ0v) is 16.3. The third-order valence-corrected chi connectivity index (χ3v) is 5.41. The first kappa shape index (κ1) is 18.7. The molecular weight excluding hydrogens is 366 g/mol. The molecule has 0 aromatic heterocycles. The highest BCUT2D eigenvalue weighted by atomic mass is 16.2. The van der Waals surface area contributed by atoms with Crippen LogP contribution in [-0.2, 0) is 15.1 Å². The zero-order chi connectivity index (χ0) is 20.6. The highest BCUT2D eigenvalue weighted by Gasteiger charge is 2.49. The summed E-state index contributed by atoms with van der Waals surface area (Å²) in [7, 11) is 1.64. The minimum absolute atomic E-state index is 0.323. The van der Waals surface area contributed by atoms with Gasteiger partial charge in [-0.25, -0.2) is 4.79 Å². The second-order valence-electron chi connectivity index (χ2n) is 7.30. The lowest BCUT2D eigenvalue weighted by molar-refractivity contribution is -0.134. The smallest absolute Gasteiger partial charge is 0.319 e. The first-order valence-electron chi connectivity index (χ1n) is 9.35. The van der Waals surface area contributed by atoms with Crippen molar-refractivity contribution < 1.29 is 14.4 Å². The SMILES string of the molecule is CN(C(=O)CN1C(=O)NC(C)(c2ccccc2)C1=O)c1ccc2ccccc2c1. The summed E-state index contributed by atoms with van der Waals surface area (Å²) < 4.78 is 0. The van der Waals surface area contributed by atoms with Gasteiger partial charge in [0, 0.05) is 12.7 Å². The van der Waals surface area contributed by atoms with Crippen LogP contribution in [0.25, 0.3) is 10.8 Å². The third-order valence-electron chi connectivity index (χ3n) is 5.41. The van der Waals surface area contributed by atoms with Crippen LogP contribution in [-0.4, -0.2) is 36.3 Å². The number of carbonyl (C=O) groups excluding carboxylic acids is 3. The summed E-state index contributed by atoms with van der Waals surface area (Å²) in [5, 5.41) is 4.81. The van der Waals surface area contributed by atoms with Crippen molar-refractivity contribution in [2.45, 2.75) is 12.5 Å². The van der Waals surface area contributed by atoms with Gasteiger partial charge in [-0.15, -0.1) is 0 Å². The van der Waals surface area contributed by atoms with E-state index in [1.165, 1.54) is 4.90 Å². The first-order chi connectivity index (χ1) is 13.9.